The van der Waals surface area contributed by atoms with Crippen LogP contribution < -0.4 is 10.0 Å². The average Bonchev–Trinajstić information content (AvgIpc) is 2.56. The SMILES string of the molecule is [2H]C([2H])([2H])C(C)(NS(=O)(=O)c1cccc(Nc2nc(Cl)ncc2C)c1)C([2H])([2H])[2H]. The second kappa shape index (κ2) is 6.43. The number of benzene rings is 1. The Labute approximate surface area is 149 Å². The maximum absolute atomic E-state index is 12.8. The molecule has 0 aliphatic rings. The van der Waals surface area contributed by atoms with Gasteiger partial charge in [0.2, 0.25) is 15.3 Å². The average molecular weight is 361 g/mol. The summed E-state index contributed by atoms with van der Waals surface area (Å²) in [6.45, 7) is -3.68. The molecule has 0 saturated heterocycles. The van der Waals surface area contributed by atoms with Crippen molar-refractivity contribution in [3.63, 3.8) is 0 Å². The van der Waals surface area contributed by atoms with Gasteiger partial charge in [-0.1, -0.05) is 6.07 Å². The summed E-state index contributed by atoms with van der Waals surface area (Å²) in [5.74, 6) is 0.349. The Morgan fingerprint density at radius 2 is 2.09 bits per heavy atom. The highest BCUT2D eigenvalue weighted by atomic mass is 35.5. The second-order valence-electron chi connectivity index (χ2n) is 5.05. The molecule has 1 aromatic carbocycles. The number of nitrogens with zero attached hydrogens (tertiary/aromatic N) is 2. The molecule has 0 saturated carbocycles. The maximum Gasteiger partial charge on any atom is 0.241 e. The normalized spacial score (nSPS) is 17.2. The smallest absolute Gasteiger partial charge is 0.241 e. The third kappa shape index (κ3) is 4.89. The lowest BCUT2D eigenvalue weighted by Gasteiger charge is -2.20. The molecular formula is C15H19ClN4O2S. The zero-order valence-corrected chi connectivity index (χ0v) is 14.0. The maximum atomic E-state index is 12.8. The van der Waals surface area contributed by atoms with Gasteiger partial charge in [-0.05, 0) is 57.4 Å². The standard InChI is InChI=1S/C15H19ClN4O2S/c1-10-9-17-14(16)19-13(10)18-11-6-5-7-12(8-11)23(21,22)20-15(2,3)4/h5-9,20H,1-4H3,(H,17,18,19)/i2D3,3D3. The van der Waals surface area contributed by atoms with E-state index in [1.165, 1.54) is 24.4 Å². The van der Waals surface area contributed by atoms with E-state index in [4.69, 9.17) is 19.8 Å². The minimum Gasteiger partial charge on any atom is -0.340 e. The molecule has 0 atom stereocenters. The summed E-state index contributed by atoms with van der Waals surface area (Å²) in [6.07, 6.45) is 1.48. The highest BCUT2D eigenvalue weighted by Crippen LogP contribution is 2.22. The largest absolute Gasteiger partial charge is 0.340 e. The summed E-state index contributed by atoms with van der Waals surface area (Å²) >= 11 is 5.77. The van der Waals surface area contributed by atoms with Gasteiger partial charge < -0.3 is 5.32 Å². The Morgan fingerprint density at radius 1 is 1.35 bits per heavy atom. The summed E-state index contributed by atoms with van der Waals surface area (Å²) in [6, 6.07) is 5.41. The van der Waals surface area contributed by atoms with E-state index in [1.54, 1.807) is 13.0 Å². The van der Waals surface area contributed by atoms with Crippen LogP contribution in [-0.4, -0.2) is 23.9 Å². The molecule has 0 unspecified atom stereocenters. The lowest BCUT2D eigenvalue weighted by atomic mass is 10.1. The van der Waals surface area contributed by atoms with E-state index in [9.17, 15) is 8.42 Å². The molecule has 2 N–H and O–H groups in total. The minimum absolute atomic E-state index is 0.00494. The number of hydrogen-bond acceptors (Lipinski definition) is 5. The number of rotatable bonds is 4. The third-order valence-corrected chi connectivity index (χ3v) is 4.42. The number of sulfonamides is 1. The van der Waals surface area contributed by atoms with E-state index in [-0.39, 0.29) is 10.2 Å². The molecule has 0 spiro atoms. The van der Waals surface area contributed by atoms with Crippen molar-refractivity contribution in [2.45, 2.75) is 38.0 Å². The van der Waals surface area contributed by atoms with Crippen molar-refractivity contribution in [1.29, 1.82) is 0 Å². The van der Waals surface area contributed by atoms with Crippen LogP contribution in [0.3, 0.4) is 0 Å². The number of aryl methyl sites for hydroxylation is 1. The van der Waals surface area contributed by atoms with Gasteiger partial charge in [-0.25, -0.2) is 23.1 Å². The van der Waals surface area contributed by atoms with Crippen molar-refractivity contribution in [3.8, 4) is 0 Å². The lowest BCUT2D eigenvalue weighted by Crippen LogP contribution is -2.40. The van der Waals surface area contributed by atoms with E-state index in [0.29, 0.717) is 17.1 Å². The lowest BCUT2D eigenvalue weighted by molar-refractivity contribution is 0.491. The van der Waals surface area contributed by atoms with Crippen LogP contribution in [0.2, 0.25) is 5.28 Å². The van der Waals surface area contributed by atoms with Gasteiger partial charge in [-0.2, -0.15) is 0 Å². The van der Waals surface area contributed by atoms with Gasteiger partial charge in [0.25, 0.3) is 0 Å². The predicted molar refractivity (Wildman–Crippen MR) is 91.6 cm³/mol. The summed E-state index contributed by atoms with van der Waals surface area (Å²) in [5.41, 5.74) is -1.72. The number of hydrogen-bond donors (Lipinski definition) is 2. The van der Waals surface area contributed by atoms with Gasteiger partial charge in [0.1, 0.15) is 5.82 Å². The van der Waals surface area contributed by atoms with E-state index in [2.05, 4.69) is 15.3 Å². The summed E-state index contributed by atoms with van der Waals surface area (Å²) in [5, 5.41) is 2.89. The molecule has 0 aliphatic heterocycles. The fraction of sp³-hybridized carbons (Fsp3) is 0.333. The van der Waals surface area contributed by atoms with Crippen LogP contribution in [0.15, 0.2) is 35.4 Å². The molecule has 1 aromatic heterocycles. The van der Waals surface area contributed by atoms with Gasteiger partial charge in [0.05, 0.1) is 4.90 Å². The highest BCUT2D eigenvalue weighted by molar-refractivity contribution is 7.89. The van der Waals surface area contributed by atoms with E-state index in [0.717, 1.165) is 6.92 Å². The van der Waals surface area contributed by atoms with Crippen LogP contribution in [0.5, 0.6) is 0 Å². The van der Waals surface area contributed by atoms with Gasteiger partial charge in [-0.15, -0.1) is 0 Å². The van der Waals surface area contributed by atoms with Crippen molar-refractivity contribution in [2.75, 3.05) is 5.32 Å². The highest BCUT2D eigenvalue weighted by Gasteiger charge is 2.22. The van der Waals surface area contributed by atoms with Gasteiger partial charge in [0, 0.05) is 31.2 Å². The van der Waals surface area contributed by atoms with Gasteiger partial charge >= 0.3 is 0 Å². The number of aromatic nitrogens is 2. The van der Waals surface area contributed by atoms with E-state index >= 15 is 0 Å². The topological polar surface area (TPSA) is 84.0 Å². The molecule has 6 nitrogen and oxygen atoms in total. The molecule has 2 rings (SSSR count). The van der Waals surface area contributed by atoms with Crippen LogP contribution in [0, 0.1) is 6.92 Å². The molecular weight excluding hydrogens is 336 g/mol. The van der Waals surface area contributed by atoms with Crippen LogP contribution in [0.1, 0.15) is 34.4 Å². The van der Waals surface area contributed by atoms with Crippen LogP contribution in [0.4, 0.5) is 11.5 Å². The van der Waals surface area contributed by atoms with E-state index in [1.807, 2.05) is 4.72 Å². The number of anilines is 2. The molecule has 0 bridgehead atoms. The monoisotopic (exact) mass is 360 g/mol. The fourth-order valence-corrected chi connectivity index (χ4v) is 3.08. The zero-order valence-electron chi connectivity index (χ0n) is 18.4. The molecule has 23 heavy (non-hydrogen) atoms. The Bertz CT molecular complexity index is 997. The molecule has 124 valence electrons. The number of nitrogens with one attached hydrogen (secondary N) is 2. The Morgan fingerprint density at radius 3 is 2.78 bits per heavy atom. The number of halogens is 1. The summed E-state index contributed by atoms with van der Waals surface area (Å²) in [4.78, 5) is 7.52. The first-order valence-electron chi connectivity index (χ1n) is 9.47. The molecule has 0 aliphatic carbocycles. The molecule has 8 heteroatoms. The Balaban J connectivity index is 2.41. The van der Waals surface area contributed by atoms with Crippen molar-refractivity contribution in [2.24, 2.45) is 0 Å². The van der Waals surface area contributed by atoms with Crippen molar-refractivity contribution in [1.82, 2.24) is 14.7 Å². The third-order valence-electron chi connectivity index (χ3n) is 2.69. The first-order valence-corrected chi connectivity index (χ1v) is 8.33. The second-order valence-corrected chi connectivity index (χ2v) is 7.07. The summed E-state index contributed by atoms with van der Waals surface area (Å²) < 4.78 is 72.6. The van der Waals surface area contributed by atoms with Crippen LogP contribution in [-0.2, 0) is 10.0 Å². The molecule has 1 heterocycles. The van der Waals surface area contributed by atoms with Crippen LogP contribution in [0.25, 0.3) is 0 Å². The van der Waals surface area contributed by atoms with Crippen molar-refractivity contribution in [3.05, 3.63) is 41.3 Å². The quantitative estimate of drug-likeness (QED) is 0.817. The molecule has 0 amide bonds. The molecule has 0 radical (unpaired) electrons. The molecule has 2 aromatic rings. The fourth-order valence-electron chi connectivity index (χ4n) is 1.75. The molecule has 0 fully saturated rings. The summed E-state index contributed by atoms with van der Waals surface area (Å²) in [7, 11) is -4.49. The first-order chi connectivity index (χ1) is 13.1. The Kier molecular flexibility index (Phi) is 3.06. The van der Waals surface area contributed by atoms with Crippen LogP contribution >= 0.6 is 11.6 Å². The van der Waals surface area contributed by atoms with Gasteiger partial charge in [0.15, 0.2) is 0 Å². The van der Waals surface area contributed by atoms with Crippen molar-refractivity contribution < 1.29 is 16.6 Å². The Hall–Kier alpha value is -1.70. The zero-order chi connectivity index (χ0) is 22.3. The van der Waals surface area contributed by atoms with Gasteiger partial charge in [-0.3, -0.25) is 0 Å². The van der Waals surface area contributed by atoms with Crippen molar-refractivity contribution >= 4 is 33.1 Å². The first kappa shape index (κ1) is 11.0. The minimum atomic E-state index is -4.49. The predicted octanol–water partition coefficient (Wildman–Crippen LogP) is 3.26. The van der Waals surface area contributed by atoms with E-state index < -0.39 is 29.3 Å².